The van der Waals surface area contributed by atoms with E-state index in [0.717, 1.165) is 18.4 Å². The highest BCUT2D eigenvalue weighted by atomic mass is 19.1. The first-order valence-corrected chi connectivity index (χ1v) is 12.1. The third-order valence-corrected chi connectivity index (χ3v) is 5.65. The molecule has 1 atom stereocenters. The summed E-state index contributed by atoms with van der Waals surface area (Å²) in [5.41, 5.74) is -0.105. The lowest BCUT2D eigenvalue weighted by molar-refractivity contribution is 0.0756. The van der Waals surface area contributed by atoms with E-state index in [-0.39, 0.29) is 35.7 Å². The fraction of sp³-hybridized carbons (Fsp3) is 0.500. The Balaban J connectivity index is 1.71. The summed E-state index contributed by atoms with van der Waals surface area (Å²) in [5, 5.41) is 5.45. The number of rotatable bonds is 12. The molecular formula is C26H34FN3O5. The Labute approximate surface area is 204 Å². The zero-order valence-electron chi connectivity index (χ0n) is 20.3. The van der Waals surface area contributed by atoms with Crippen molar-refractivity contribution in [1.29, 1.82) is 0 Å². The highest BCUT2D eigenvalue weighted by Gasteiger charge is 2.22. The normalized spacial score (nSPS) is 15.4. The number of halogens is 1. The van der Waals surface area contributed by atoms with Crippen LogP contribution in [0.5, 0.6) is 0 Å². The Kier molecular flexibility index (Phi) is 9.98. The van der Waals surface area contributed by atoms with Gasteiger partial charge >= 0.3 is 0 Å². The Morgan fingerprint density at radius 1 is 1.17 bits per heavy atom. The zero-order valence-corrected chi connectivity index (χ0v) is 20.3. The molecule has 35 heavy (non-hydrogen) atoms. The monoisotopic (exact) mass is 487 g/mol. The molecule has 1 unspecified atom stereocenters. The summed E-state index contributed by atoms with van der Waals surface area (Å²) in [5.74, 6) is -1.46. The first kappa shape index (κ1) is 26.6. The van der Waals surface area contributed by atoms with Crippen molar-refractivity contribution >= 4 is 11.8 Å². The van der Waals surface area contributed by atoms with Crippen LogP contribution in [-0.4, -0.2) is 54.9 Å². The van der Waals surface area contributed by atoms with Crippen LogP contribution < -0.4 is 16.1 Å². The third kappa shape index (κ3) is 8.29. The number of amides is 2. The van der Waals surface area contributed by atoms with E-state index < -0.39 is 17.2 Å². The fourth-order valence-corrected chi connectivity index (χ4v) is 3.88. The molecule has 2 N–H and O–H groups in total. The average molecular weight is 488 g/mol. The molecule has 1 aromatic heterocycles. The van der Waals surface area contributed by atoms with Gasteiger partial charge in [0.25, 0.3) is 11.8 Å². The topological polar surface area (TPSA) is 98.7 Å². The predicted octanol–water partition coefficient (Wildman–Crippen LogP) is 2.68. The van der Waals surface area contributed by atoms with Gasteiger partial charge in [0.1, 0.15) is 16.9 Å². The van der Waals surface area contributed by atoms with Crippen LogP contribution in [0.25, 0.3) is 0 Å². The van der Waals surface area contributed by atoms with Crippen molar-refractivity contribution < 1.29 is 23.5 Å². The maximum atomic E-state index is 13.4. The van der Waals surface area contributed by atoms with Crippen molar-refractivity contribution in [3.8, 4) is 0 Å². The van der Waals surface area contributed by atoms with Gasteiger partial charge in [0.2, 0.25) is 5.43 Å². The molecule has 1 saturated heterocycles. The number of ether oxygens (including phenoxy) is 2. The van der Waals surface area contributed by atoms with Gasteiger partial charge < -0.3 is 24.7 Å². The molecule has 1 fully saturated rings. The van der Waals surface area contributed by atoms with Gasteiger partial charge in [0, 0.05) is 45.2 Å². The van der Waals surface area contributed by atoms with Gasteiger partial charge in [-0.2, -0.15) is 0 Å². The minimum Gasteiger partial charge on any atom is -0.379 e. The lowest BCUT2D eigenvalue weighted by Gasteiger charge is -2.16. The van der Waals surface area contributed by atoms with Crippen molar-refractivity contribution in [3.05, 3.63) is 69.4 Å². The molecule has 0 radical (unpaired) electrons. The van der Waals surface area contributed by atoms with E-state index in [1.807, 2.05) is 13.8 Å². The van der Waals surface area contributed by atoms with Crippen molar-refractivity contribution in [2.45, 2.75) is 58.3 Å². The number of benzene rings is 1. The summed E-state index contributed by atoms with van der Waals surface area (Å²) in [7, 11) is 0. The summed E-state index contributed by atoms with van der Waals surface area (Å²) < 4.78 is 26.2. The van der Waals surface area contributed by atoms with Gasteiger partial charge in [-0.3, -0.25) is 14.4 Å². The van der Waals surface area contributed by atoms with Gasteiger partial charge in [-0.15, -0.1) is 0 Å². The number of nitrogens with one attached hydrogen (secondary N) is 2. The number of carbonyl (C=O) groups is 2. The smallest absolute Gasteiger partial charge is 0.256 e. The fourth-order valence-electron chi connectivity index (χ4n) is 3.88. The second-order valence-corrected chi connectivity index (χ2v) is 8.91. The lowest BCUT2D eigenvalue weighted by atomic mass is 10.1. The van der Waals surface area contributed by atoms with E-state index in [9.17, 15) is 18.8 Å². The molecule has 9 heteroatoms. The summed E-state index contributed by atoms with van der Waals surface area (Å²) in [4.78, 5) is 38.7. The Morgan fingerprint density at radius 3 is 2.51 bits per heavy atom. The van der Waals surface area contributed by atoms with Crippen LogP contribution in [-0.2, 0) is 22.4 Å². The van der Waals surface area contributed by atoms with Crippen molar-refractivity contribution in [1.82, 2.24) is 15.2 Å². The number of nitrogens with zero attached hydrogens (tertiary/aromatic N) is 1. The second-order valence-electron chi connectivity index (χ2n) is 8.91. The molecule has 190 valence electrons. The van der Waals surface area contributed by atoms with Gasteiger partial charge in [0.05, 0.1) is 12.2 Å². The van der Waals surface area contributed by atoms with Gasteiger partial charge in [-0.05, 0) is 57.2 Å². The van der Waals surface area contributed by atoms with Crippen molar-refractivity contribution in [2.24, 2.45) is 0 Å². The predicted molar refractivity (Wildman–Crippen MR) is 130 cm³/mol. The van der Waals surface area contributed by atoms with Crippen LogP contribution in [0.1, 0.15) is 59.4 Å². The summed E-state index contributed by atoms with van der Waals surface area (Å²) in [6, 6.07) is 6.12. The Bertz CT molecular complexity index is 1060. The lowest BCUT2D eigenvalue weighted by Crippen LogP contribution is -2.36. The Hall–Kier alpha value is -3.04. The molecule has 0 spiro atoms. The Morgan fingerprint density at radius 2 is 1.89 bits per heavy atom. The molecule has 1 aliphatic heterocycles. The number of pyridine rings is 1. The minimum atomic E-state index is -0.632. The van der Waals surface area contributed by atoms with E-state index in [0.29, 0.717) is 39.1 Å². The second kappa shape index (κ2) is 13.2. The maximum absolute atomic E-state index is 13.4. The van der Waals surface area contributed by atoms with Crippen LogP contribution in [0.3, 0.4) is 0 Å². The number of hydrogen-bond acceptors (Lipinski definition) is 5. The number of carbonyl (C=O) groups excluding carboxylic acids is 2. The van der Waals surface area contributed by atoms with Crippen molar-refractivity contribution in [2.75, 3.05) is 26.3 Å². The molecular weight excluding hydrogens is 453 g/mol. The molecule has 0 bridgehead atoms. The maximum Gasteiger partial charge on any atom is 0.256 e. The number of aromatic nitrogens is 1. The van der Waals surface area contributed by atoms with Crippen LogP contribution >= 0.6 is 0 Å². The van der Waals surface area contributed by atoms with Crippen LogP contribution in [0, 0.1) is 5.82 Å². The quantitative estimate of drug-likeness (QED) is 0.449. The minimum absolute atomic E-state index is 0.0366. The van der Waals surface area contributed by atoms with Gasteiger partial charge in [-0.1, -0.05) is 12.1 Å². The van der Waals surface area contributed by atoms with E-state index in [1.54, 1.807) is 16.7 Å². The highest BCUT2D eigenvalue weighted by Crippen LogP contribution is 2.14. The zero-order chi connectivity index (χ0) is 25.2. The van der Waals surface area contributed by atoms with Gasteiger partial charge in [-0.25, -0.2) is 4.39 Å². The van der Waals surface area contributed by atoms with Crippen molar-refractivity contribution in [3.63, 3.8) is 0 Å². The standard InChI is InChI=1S/C26H34FN3O5/c1-18(2)34-13-5-10-28-25(32)22-16-30(15-21-8-4-12-35-21)17-23(24(22)31)26(33)29-11-9-19-6-3-7-20(27)14-19/h3,6-7,14,16-18,21H,4-5,8-13,15H2,1-2H3,(H,28,32)(H,29,33). The SMILES string of the molecule is CC(C)OCCCNC(=O)c1cn(CC2CCCO2)cc(C(=O)NCCc2cccc(F)c2)c1=O. The molecule has 0 saturated carbocycles. The molecule has 2 aromatic rings. The highest BCUT2D eigenvalue weighted by molar-refractivity contribution is 5.99. The molecule has 1 aliphatic rings. The summed E-state index contributed by atoms with van der Waals surface area (Å²) in [6.45, 7) is 6.04. The van der Waals surface area contributed by atoms with E-state index >= 15 is 0 Å². The molecule has 3 rings (SSSR count). The first-order chi connectivity index (χ1) is 16.8. The molecule has 0 aliphatic carbocycles. The average Bonchev–Trinajstić information content (AvgIpc) is 3.32. The van der Waals surface area contributed by atoms with E-state index in [4.69, 9.17) is 9.47 Å². The number of hydrogen-bond donors (Lipinski definition) is 2. The molecule has 2 amide bonds. The third-order valence-electron chi connectivity index (χ3n) is 5.65. The summed E-state index contributed by atoms with van der Waals surface area (Å²) in [6.07, 6.45) is 5.85. The van der Waals surface area contributed by atoms with Gasteiger partial charge in [0.15, 0.2) is 0 Å². The largest absolute Gasteiger partial charge is 0.379 e. The molecule has 2 heterocycles. The first-order valence-electron chi connectivity index (χ1n) is 12.1. The summed E-state index contributed by atoms with van der Waals surface area (Å²) >= 11 is 0. The van der Waals surface area contributed by atoms with Crippen LogP contribution in [0.15, 0.2) is 41.5 Å². The van der Waals surface area contributed by atoms with E-state index in [1.165, 1.54) is 24.5 Å². The molecule has 1 aromatic carbocycles. The van der Waals surface area contributed by atoms with Crippen LogP contribution in [0.4, 0.5) is 4.39 Å². The van der Waals surface area contributed by atoms with Crippen LogP contribution in [0.2, 0.25) is 0 Å². The van der Waals surface area contributed by atoms with E-state index in [2.05, 4.69) is 10.6 Å². The molecule has 8 nitrogen and oxygen atoms in total.